The van der Waals surface area contributed by atoms with Gasteiger partial charge in [0.15, 0.2) is 6.10 Å². The smallest absolute Gasteiger partial charge is 0.422 e. The fourth-order valence-electron chi connectivity index (χ4n) is 1.99. The monoisotopic (exact) mass is 325 g/mol. The molecule has 116 valence electrons. The van der Waals surface area contributed by atoms with E-state index in [-0.39, 0.29) is 29.0 Å². The van der Waals surface area contributed by atoms with Gasteiger partial charge in [0.05, 0.1) is 10.7 Å². The number of amides is 2. The number of benzene rings is 1. The number of imide groups is 1. The van der Waals surface area contributed by atoms with Crippen molar-refractivity contribution in [2.45, 2.75) is 20.0 Å². The van der Waals surface area contributed by atoms with Crippen molar-refractivity contribution < 1.29 is 23.5 Å². The quantitative estimate of drug-likeness (QED) is 0.799. The van der Waals surface area contributed by atoms with Crippen molar-refractivity contribution in [2.24, 2.45) is 5.92 Å². The van der Waals surface area contributed by atoms with E-state index in [2.05, 4.69) is 5.92 Å². The molecule has 1 unspecified atom stereocenters. The molecule has 0 N–H and O–H groups in total. The molecule has 5 nitrogen and oxygen atoms in total. The van der Waals surface area contributed by atoms with Crippen molar-refractivity contribution in [1.29, 1.82) is 0 Å². The Bertz CT molecular complexity index is 668. The van der Waals surface area contributed by atoms with Crippen LogP contribution in [0.1, 0.15) is 13.8 Å². The second-order valence-electron chi connectivity index (χ2n) is 4.95. The van der Waals surface area contributed by atoms with Gasteiger partial charge in [-0.15, -0.1) is 6.42 Å². The normalized spacial score (nSPS) is 17.6. The van der Waals surface area contributed by atoms with Crippen LogP contribution in [0.3, 0.4) is 0 Å². The van der Waals surface area contributed by atoms with Crippen molar-refractivity contribution in [1.82, 2.24) is 0 Å². The van der Waals surface area contributed by atoms with Crippen LogP contribution in [0, 0.1) is 24.1 Å². The highest BCUT2D eigenvalue weighted by Crippen LogP contribution is 2.35. The van der Waals surface area contributed by atoms with Crippen LogP contribution in [0.15, 0.2) is 12.1 Å². The SMILES string of the molecule is C#CCOc1cc(N2C(=O)OC(C(C)C)C2=O)c(F)cc1Cl. The fourth-order valence-corrected chi connectivity index (χ4v) is 2.19. The third-order valence-corrected chi connectivity index (χ3v) is 3.33. The zero-order valence-electron chi connectivity index (χ0n) is 11.9. The Kier molecular flexibility index (Phi) is 4.57. The summed E-state index contributed by atoms with van der Waals surface area (Å²) in [7, 11) is 0. The van der Waals surface area contributed by atoms with E-state index in [1.165, 1.54) is 0 Å². The minimum atomic E-state index is -0.947. The summed E-state index contributed by atoms with van der Waals surface area (Å²) in [5.41, 5.74) is -0.283. The molecular formula is C15H13ClFNO4. The lowest BCUT2D eigenvalue weighted by Crippen LogP contribution is -2.33. The number of nitrogens with zero attached hydrogens (tertiary/aromatic N) is 1. The van der Waals surface area contributed by atoms with E-state index < -0.39 is 23.9 Å². The molecule has 2 amide bonds. The third kappa shape index (κ3) is 2.85. The van der Waals surface area contributed by atoms with Gasteiger partial charge >= 0.3 is 6.09 Å². The van der Waals surface area contributed by atoms with Gasteiger partial charge in [-0.2, -0.15) is 0 Å². The Morgan fingerprint density at radius 3 is 2.73 bits per heavy atom. The molecule has 1 aromatic rings. The molecule has 1 aromatic carbocycles. The lowest BCUT2D eigenvalue weighted by atomic mass is 10.1. The maximum absolute atomic E-state index is 14.1. The lowest BCUT2D eigenvalue weighted by molar-refractivity contribution is -0.123. The Morgan fingerprint density at radius 2 is 2.18 bits per heavy atom. The Labute approximate surface area is 131 Å². The predicted molar refractivity (Wildman–Crippen MR) is 78.3 cm³/mol. The number of rotatable bonds is 4. The van der Waals surface area contributed by atoms with E-state index in [1.807, 2.05) is 0 Å². The number of carbonyl (C=O) groups is 2. The molecule has 7 heteroatoms. The number of halogens is 2. The maximum atomic E-state index is 14.1. The highest BCUT2D eigenvalue weighted by atomic mass is 35.5. The zero-order valence-corrected chi connectivity index (χ0v) is 12.7. The maximum Gasteiger partial charge on any atom is 0.422 e. The van der Waals surface area contributed by atoms with E-state index >= 15 is 0 Å². The third-order valence-electron chi connectivity index (χ3n) is 3.03. The van der Waals surface area contributed by atoms with Gasteiger partial charge in [-0.25, -0.2) is 14.1 Å². The molecule has 1 saturated heterocycles. The molecule has 1 heterocycles. The minimum Gasteiger partial charge on any atom is -0.479 e. The van der Waals surface area contributed by atoms with Crippen LogP contribution in [0.25, 0.3) is 0 Å². The molecule has 1 fully saturated rings. The first-order chi connectivity index (χ1) is 10.4. The molecule has 0 aliphatic carbocycles. The first kappa shape index (κ1) is 16.1. The van der Waals surface area contributed by atoms with Gasteiger partial charge in [0.1, 0.15) is 18.2 Å². The average Bonchev–Trinajstić information content (AvgIpc) is 2.74. The fraction of sp³-hybridized carbons (Fsp3) is 0.333. The van der Waals surface area contributed by atoms with Crippen LogP contribution in [-0.4, -0.2) is 24.7 Å². The molecule has 2 rings (SSSR count). The van der Waals surface area contributed by atoms with Crippen LogP contribution in [-0.2, 0) is 9.53 Å². The first-order valence-electron chi connectivity index (χ1n) is 6.46. The van der Waals surface area contributed by atoms with Crippen LogP contribution in [0.5, 0.6) is 5.75 Å². The van der Waals surface area contributed by atoms with E-state index in [4.69, 9.17) is 27.5 Å². The van der Waals surface area contributed by atoms with Crippen molar-refractivity contribution >= 4 is 29.3 Å². The highest BCUT2D eigenvalue weighted by molar-refractivity contribution is 6.32. The highest BCUT2D eigenvalue weighted by Gasteiger charge is 2.44. The summed E-state index contributed by atoms with van der Waals surface area (Å²) in [6.07, 6.45) is 3.20. The summed E-state index contributed by atoms with van der Waals surface area (Å²) in [5.74, 6) is 0.611. The van der Waals surface area contributed by atoms with Crippen LogP contribution < -0.4 is 9.64 Å². The van der Waals surface area contributed by atoms with Gasteiger partial charge in [-0.3, -0.25) is 4.79 Å². The second kappa shape index (κ2) is 6.24. The molecular weight excluding hydrogens is 313 g/mol. The Morgan fingerprint density at radius 1 is 1.50 bits per heavy atom. The lowest BCUT2D eigenvalue weighted by Gasteiger charge is -2.15. The number of hydrogen-bond donors (Lipinski definition) is 0. The van der Waals surface area contributed by atoms with Gasteiger partial charge < -0.3 is 9.47 Å². The van der Waals surface area contributed by atoms with Gasteiger partial charge in [-0.05, 0) is 12.0 Å². The van der Waals surface area contributed by atoms with Crippen LogP contribution in [0.4, 0.5) is 14.9 Å². The minimum absolute atomic E-state index is 0.0167. The molecule has 1 aliphatic rings. The Hall–Kier alpha value is -2.26. The van der Waals surface area contributed by atoms with Crippen molar-refractivity contribution in [2.75, 3.05) is 11.5 Å². The number of anilines is 1. The summed E-state index contributed by atoms with van der Waals surface area (Å²) in [6.45, 7) is 3.36. The molecule has 0 bridgehead atoms. The van der Waals surface area contributed by atoms with Gasteiger partial charge in [0.25, 0.3) is 5.91 Å². The van der Waals surface area contributed by atoms with E-state index in [1.54, 1.807) is 13.8 Å². The number of hydrogen-bond acceptors (Lipinski definition) is 4. The second-order valence-corrected chi connectivity index (χ2v) is 5.36. The van der Waals surface area contributed by atoms with Crippen molar-refractivity contribution in [3.63, 3.8) is 0 Å². The number of terminal acetylenes is 1. The van der Waals surface area contributed by atoms with Crippen molar-refractivity contribution in [3.8, 4) is 18.1 Å². The van der Waals surface area contributed by atoms with Crippen LogP contribution in [0.2, 0.25) is 5.02 Å². The molecule has 0 spiro atoms. The molecule has 1 atom stereocenters. The largest absolute Gasteiger partial charge is 0.479 e. The van der Waals surface area contributed by atoms with Crippen molar-refractivity contribution in [3.05, 3.63) is 23.0 Å². The van der Waals surface area contributed by atoms with Crippen LogP contribution >= 0.6 is 11.6 Å². The Balaban J connectivity index is 2.42. The van der Waals surface area contributed by atoms with Gasteiger partial charge in [-0.1, -0.05) is 31.4 Å². The summed E-state index contributed by atoms with van der Waals surface area (Å²) < 4.78 is 24.2. The summed E-state index contributed by atoms with van der Waals surface area (Å²) in [4.78, 5) is 24.7. The summed E-state index contributed by atoms with van der Waals surface area (Å²) >= 11 is 5.84. The number of cyclic esters (lactones) is 1. The standard InChI is InChI=1S/C15H13ClFNO4/c1-4-5-21-12-7-11(10(17)6-9(12)16)18-14(19)13(8(2)3)22-15(18)20/h1,6-8,13H,5H2,2-3H3. The average molecular weight is 326 g/mol. The molecule has 0 radical (unpaired) electrons. The molecule has 0 saturated carbocycles. The van der Waals surface area contributed by atoms with E-state index in [0.29, 0.717) is 4.90 Å². The van der Waals surface area contributed by atoms with E-state index in [0.717, 1.165) is 12.1 Å². The molecule has 0 aromatic heterocycles. The van der Waals surface area contributed by atoms with Gasteiger partial charge in [0.2, 0.25) is 0 Å². The number of carbonyl (C=O) groups excluding carboxylic acids is 2. The summed E-state index contributed by atoms with van der Waals surface area (Å²) in [6, 6.07) is 2.10. The predicted octanol–water partition coefficient (Wildman–Crippen LogP) is 3.00. The molecule has 22 heavy (non-hydrogen) atoms. The van der Waals surface area contributed by atoms with Gasteiger partial charge in [0, 0.05) is 6.07 Å². The molecule has 1 aliphatic heterocycles. The summed E-state index contributed by atoms with van der Waals surface area (Å²) in [5, 5.41) is -0.0167. The topological polar surface area (TPSA) is 55.8 Å². The number of ether oxygens (including phenoxy) is 2. The van der Waals surface area contributed by atoms with E-state index in [9.17, 15) is 14.0 Å². The zero-order chi connectivity index (χ0) is 16.4. The first-order valence-corrected chi connectivity index (χ1v) is 6.84.